The van der Waals surface area contributed by atoms with Gasteiger partial charge in [0.25, 0.3) is 0 Å². The maximum absolute atomic E-state index is 14.5. The Labute approximate surface area is 401 Å². The molecule has 2 aromatic rings. The molecule has 2 aromatic carbocycles. The van der Waals surface area contributed by atoms with E-state index in [2.05, 4.69) is 55.9 Å². The summed E-state index contributed by atoms with van der Waals surface area (Å²) in [6, 6.07) is 0. The van der Waals surface area contributed by atoms with E-state index in [0.717, 1.165) is 0 Å². The highest BCUT2D eigenvalue weighted by Gasteiger charge is 2.66. The van der Waals surface area contributed by atoms with E-state index in [0.29, 0.717) is 0 Å². The molecule has 0 atom stereocenters. The minimum absolute atomic E-state index is 1.98. The van der Waals surface area contributed by atoms with Gasteiger partial charge in [-0.05, 0) is 0 Å². The van der Waals surface area contributed by atoms with Gasteiger partial charge < -0.3 is 55.9 Å². The van der Waals surface area contributed by atoms with Crippen molar-refractivity contribution >= 4 is 29.3 Å². The molecule has 48 heteroatoms. The fraction of sp³-hybridized carbons (Fsp3) is 0.586. The fourth-order valence-electron chi connectivity index (χ4n) is 5.43. The Morgan fingerprint density at radius 2 is 0.481 bits per heavy atom. The Kier molecular flexibility index (Phi) is 18.9. The highest BCUT2D eigenvalue weighted by molar-refractivity contribution is 6.40. The topological polar surface area (TPSA) is 111 Å². The van der Waals surface area contributed by atoms with Gasteiger partial charge in [-0.1, -0.05) is 0 Å². The molecule has 77 heavy (non-hydrogen) atoms. The molecular weight excluding hydrogens is 1190 g/mol. The standard InChI is InChI=1S/C29H12B4F32O12/c34-5-6(35)10(39)14-13(9(5)38)70-30(71-14)66-1-21(2-67-31-72-15-11(40)7(36)8(37)12(41)16(15)73-31,3-68-32(74-17(22(42,43)44)23(45,46)47)75-18(24(48,49)50)25(51,52)53)4-69-33(76-19(26(54,55)56)27(57,58)59)77-20(28(60,61)62)29(63,64)65/h17-20H,1-4H2. The predicted octanol–water partition coefficient (Wildman–Crippen LogP) is 10.1. The van der Waals surface area contributed by atoms with Gasteiger partial charge >= 0.3 is 78.7 Å². The molecule has 0 amide bonds. The molecule has 0 saturated carbocycles. The van der Waals surface area contributed by atoms with Crippen molar-refractivity contribution in [1.29, 1.82) is 0 Å². The molecule has 2 heterocycles. The van der Waals surface area contributed by atoms with Crippen LogP contribution in [0.15, 0.2) is 0 Å². The van der Waals surface area contributed by atoms with Crippen LogP contribution >= 0.6 is 0 Å². The van der Waals surface area contributed by atoms with Crippen LogP contribution in [-0.4, -0.2) is 130 Å². The van der Waals surface area contributed by atoms with E-state index in [-0.39, 0.29) is 0 Å². The molecule has 0 N–H and O–H groups in total. The van der Waals surface area contributed by atoms with E-state index in [1.807, 2.05) is 0 Å². The van der Waals surface area contributed by atoms with Gasteiger partial charge in [0.05, 0.1) is 5.41 Å². The van der Waals surface area contributed by atoms with E-state index in [1.165, 1.54) is 0 Å². The van der Waals surface area contributed by atoms with E-state index >= 15 is 0 Å². The van der Waals surface area contributed by atoms with Crippen molar-refractivity contribution in [3.63, 3.8) is 0 Å². The minimum atomic E-state index is -7.09. The number of hydrogen-bond acceptors (Lipinski definition) is 12. The summed E-state index contributed by atoms with van der Waals surface area (Å²) in [5.41, 5.74) is -4.14. The van der Waals surface area contributed by atoms with Gasteiger partial charge in [-0.3, -0.25) is 0 Å². The Morgan fingerprint density at radius 3 is 0.649 bits per heavy atom. The van der Waals surface area contributed by atoms with Crippen LogP contribution in [0, 0.1) is 52.0 Å². The molecule has 0 spiro atoms. The van der Waals surface area contributed by atoms with Crippen LogP contribution in [0.1, 0.15) is 0 Å². The van der Waals surface area contributed by atoms with E-state index in [9.17, 15) is 140 Å². The summed E-state index contributed by atoms with van der Waals surface area (Å²) in [7, 11) is -16.6. The quantitative estimate of drug-likeness (QED) is 0.0545. The predicted molar refractivity (Wildman–Crippen MR) is 172 cm³/mol. The molecule has 0 aliphatic carbocycles. The van der Waals surface area contributed by atoms with Crippen molar-refractivity contribution in [3.05, 3.63) is 46.5 Å². The lowest BCUT2D eigenvalue weighted by molar-refractivity contribution is -0.324. The molecule has 436 valence electrons. The number of hydrogen-bond donors (Lipinski definition) is 0. The first-order valence-electron chi connectivity index (χ1n) is 18.5. The fourth-order valence-corrected chi connectivity index (χ4v) is 5.43. The minimum Gasteiger partial charge on any atom is -0.495 e. The van der Waals surface area contributed by atoms with Gasteiger partial charge in [0.2, 0.25) is 71.0 Å². The second-order valence-corrected chi connectivity index (χ2v) is 14.6. The molecule has 2 aliphatic rings. The Balaban J connectivity index is 1.98. The first-order chi connectivity index (χ1) is 34.5. The smallest absolute Gasteiger partial charge is 0.495 e. The maximum atomic E-state index is 14.5. The average molecular weight is 1200 g/mol. The monoisotopic (exact) mass is 1200 g/mol. The summed E-state index contributed by atoms with van der Waals surface area (Å²) in [4.78, 5) is 0. The Morgan fingerprint density at radius 1 is 0.299 bits per heavy atom. The Hall–Kier alpha value is -4.66. The number of fused-ring (bicyclic) bond motifs is 2. The molecule has 12 nitrogen and oxygen atoms in total. The molecule has 0 saturated heterocycles. The number of halogens is 32. The molecule has 2 aliphatic heterocycles. The average Bonchev–Trinajstić information content (AvgIpc) is 3.88. The highest BCUT2D eigenvalue weighted by atomic mass is 19.4. The van der Waals surface area contributed by atoms with Gasteiger partial charge in [-0.25, -0.2) is 17.6 Å². The number of benzene rings is 2. The van der Waals surface area contributed by atoms with Crippen LogP contribution in [0.4, 0.5) is 140 Å². The lowest BCUT2D eigenvalue weighted by Gasteiger charge is -2.36. The normalized spacial score (nSPS) is 15.2. The third-order valence-corrected chi connectivity index (χ3v) is 8.69. The molecule has 0 aromatic heterocycles. The van der Waals surface area contributed by atoms with Gasteiger partial charge in [0, 0.05) is 26.4 Å². The van der Waals surface area contributed by atoms with Gasteiger partial charge in [-0.15, -0.1) is 0 Å². The summed E-state index contributed by atoms with van der Waals surface area (Å²) in [6.45, 7) is -11.0. The van der Waals surface area contributed by atoms with Crippen LogP contribution in [0.25, 0.3) is 0 Å². The summed E-state index contributed by atoms with van der Waals surface area (Å²) >= 11 is 0. The van der Waals surface area contributed by atoms with Crippen molar-refractivity contribution in [2.75, 3.05) is 26.4 Å². The zero-order valence-corrected chi connectivity index (χ0v) is 34.9. The van der Waals surface area contributed by atoms with Gasteiger partial charge in [0.1, 0.15) is 0 Å². The zero-order chi connectivity index (χ0) is 59.4. The van der Waals surface area contributed by atoms with Crippen LogP contribution in [0.2, 0.25) is 0 Å². The third-order valence-electron chi connectivity index (χ3n) is 8.69. The molecule has 0 unspecified atom stereocenters. The molecule has 0 bridgehead atoms. The second-order valence-electron chi connectivity index (χ2n) is 14.6. The van der Waals surface area contributed by atoms with Crippen LogP contribution in [0.3, 0.4) is 0 Å². The van der Waals surface area contributed by atoms with Crippen molar-refractivity contribution in [3.8, 4) is 23.0 Å². The third kappa shape index (κ3) is 15.8. The second kappa shape index (κ2) is 22.5. The molecule has 4 rings (SSSR count). The Bertz CT molecular complexity index is 2020. The highest BCUT2D eigenvalue weighted by Crippen LogP contribution is 2.46. The van der Waals surface area contributed by atoms with Crippen LogP contribution < -0.4 is 18.6 Å². The van der Waals surface area contributed by atoms with E-state index < -0.39 is 204 Å². The van der Waals surface area contributed by atoms with E-state index in [1.54, 1.807) is 0 Å². The van der Waals surface area contributed by atoms with Crippen LogP contribution in [-0.2, 0) is 37.2 Å². The van der Waals surface area contributed by atoms with Gasteiger partial charge in [-0.2, -0.15) is 123 Å². The largest absolute Gasteiger partial charge is 0.788 e. The molecular formula is C29H12B4F32O12. The van der Waals surface area contributed by atoms with Crippen molar-refractivity contribution in [2.24, 2.45) is 5.41 Å². The summed E-state index contributed by atoms with van der Waals surface area (Å²) in [6.07, 6.45) is -79.6. The SMILES string of the molecule is Fc1c(F)c(F)c2c(c1F)OB(OCC(COB1Oc3c(F)c(F)c(F)c(F)c3O1)(COB(OC(C(F)(F)F)C(F)(F)F)OC(C(F)(F)F)C(F)(F)F)COB(OC(C(F)(F)F)C(F)(F)F)OC(C(F)(F)F)C(F)(F)F)O2. The lowest BCUT2D eigenvalue weighted by atomic mass is 9.89. The van der Waals surface area contributed by atoms with Crippen molar-refractivity contribution in [2.45, 2.75) is 73.8 Å². The van der Waals surface area contributed by atoms with Crippen LogP contribution in [0.5, 0.6) is 23.0 Å². The van der Waals surface area contributed by atoms with E-state index in [4.69, 9.17) is 0 Å². The molecule has 0 fully saturated rings. The van der Waals surface area contributed by atoms with Crippen molar-refractivity contribution < 1.29 is 196 Å². The summed E-state index contributed by atoms with van der Waals surface area (Å²) < 4.78 is 487. The first-order valence-corrected chi connectivity index (χ1v) is 18.5. The first kappa shape index (κ1) is 64.9. The van der Waals surface area contributed by atoms with Gasteiger partial charge in [0.15, 0.2) is 23.0 Å². The summed E-state index contributed by atoms with van der Waals surface area (Å²) in [5.74, 6) is -29.7. The number of rotatable bonds is 20. The lowest BCUT2D eigenvalue weighted by Crippen LogP contribution is -2.56. The zero-order valence-electron chi connectivity index (χ0n) is 34.9. The number of alkyl halides is 24. The summed E-state index contributed by atoms with van der Waals surface area (Å²) in [5, 5.41) is 0. The molecule has 0 radical (unpaired) electrons. The maximum Gasteiger partial charge on any atom is 0.788 e. The van der Waals surface area contributed by atoms with Crippen molar-refractivity contribution in [1.82, 2.24) is 0 Å².